The van der Waals surface area contributed by atoms with Crippen LogP contribution in [-0.4, -0.2) is 49.8 Å². The monoisotopic (exact) mass is 536 g/mol. The smallest absolute Gasteiger partial charge is 0.408 e. The van der Waals surface area contributed by atoms with Gasteiger partial charge in [0.25, 0.3) is 0 Å². The van der Waals surface area contributed by atoms with Crippen molar-refractivity contribution in [1.29, 1.82) is 0 Å². The van der Waals surface area contributed by atoms with Crippen LogP contribution in [0.3, 0.4) is 0 Å². The molecule has 7 nitrogen and oxygen atoms in total. The molecule has 3 aliphatic rings. The van der Waals surface area contributed by atoms with E-state index in [0.29, 0.717) is 23.8 Å². The third-order valence-electron chi connectivity index (χ3n) is 7.22. The zero-order valence-electron chi connectivity index (χ0n) is 21.4. The van der Waals surface area contributed by atoms with Crippen LogP contribution in [0.2, 0.25) is 0 Å². The van der Waals surface area contributed by atoms with E-state index in [2.05, 4.69) is 10.2 Å². The van der Waals surface area contributed by atoms with E-state index in [1.807, 2.05) is 66.7 Å². The molecule has 1 amide bonds. The summed E-state index contributed by atoms with van der Waals surface area (Å²) >= 11 is 0. The Morgan fingerprint density at radius 3 is 2.32 bits per heavy atom. The van der Waals surface area contributed by atoms with E-state index < -0.39 is 6.09 Å². The van der Waals surface area contributed by atoms with Crippen molar-refractivity contribution >= 4 is 24.5 Å². The lowest BCUT2D eigenvalue weighted by atomic mass is 9.86. The van der Waals surface area contributed by atoms with Gasteiger partial charge in [-0.25, -0.2) is 9.59 Å². The topological polar surface area (TPSA) is 77.1 Å². The number of ether oxygens (including phenoxy) is 3. The molecule has 200 valence electrons. The Balaban J connectivity index is 0.00000336. The number of carbonyl (C=O) groups is 2. The summed E-state index contributed by atoms with van der Waals surface area (Å²) in [6.07, 6.45) is 1.72. The highest BCUT2D eigenvalue weighted by Crippen LogP contribution is 2.30. The molecule has 1 N–H and O–H groups in total. The summed E-state index contributed by atoms with van der Waals surface area (Å²) < 4.78 is 16.7. The predicted octanol–water partition coefficient (Wildman–Crippen LogP) is 5.38. The fraction of sp³-hybridized carbons (Fsp3) is 0.333. The van der Waals surface area contributed by atoms with Gasteiger partial charge in [0.1, 0.15) is 18.5 Å². The van der Waals surface area contributed by atoms with E-state index in [0.717, 1.165) is 49.2 Å². The maximum Gasteiger partial charge on any atom is 0.408 e. The lowest BCUT2D eigenvalue weighted by molar-refractivity contribution is -0.0336. The lowest BCUT2D eigenvalue weighted by Crippen LogP contribution is -2.52. The van der Waals surface area contributed by atoms with E-state index in [1.165, 1.54) is 7.11 Å². The van der Waals surface area contributed by atoms with Crippen LogP contribution in [0.5, 0.6) is 5.75 Å². The molecule has 3 heterocycles. The first-order chi connectivity index (χ1) is 18.1. The fourth-order valence-corrected chi connectivity index (χ4v) is 5.14. The zero-order valence-corrected chi connectivity index (χ0v) is 22.2. The Bertz CT molecular complexity index is 1210. The van der Waals surface area contributed by atoms with Crippen molar-refractivity contribution < 1.29 is 23.8 Å². The Morgan fingerprint density at radius 1 is 0.947 bits per heavy atom. The van der Waals surface area contributed by atoms with Crippen LogP contribution in [0.25, 0.3) is 0 Å². The number of fused-ring (bicyclic) bond motifs is 3. The molecule has 2 bridgehead atoms. The average Bonchev–Trinajstić information content (AvgIpc) is 2.96. The molecular weight excluding hydrogens is 504 g/mol. The van der Waals surface area contributed by atoms with Gasteiger partial charge in [-0.2, -0.15) is 0 Å². The first-order valence-corrected chi connectivity index (χ1v) is 12.7. The second kappa shape index (κ2) is 12.8. The molecule has 3 aromatic carbocycles. The third kappa shape index (κ3) is 6.65. The highest BCUT2D eigenvalue weighted by molar-refractivity contribution is 5.89. The molecule has 0 aromatic heterocycles. The quantitative estimate of drug-likeness (QED) is 0.389. The van der Waals surface area contributed by atoms with Crippen LogP contribution >= 0.6 is 12.4 Å². The van der Waals surface area contributed by atoms with Gasteiger partial charge in [-0.05, 0) is 72.8 Å². The number of alkyl carbamates (subject to hydrolysis) is 1. The number of halogens is 1. The summed E-state index contributed by atoms with van der Waals surface area (Å²) in [6.45, 7) is 3.36. The second-order valence-electron chi connectivity index (χ2n) is 9.62. The lowest BCUT2D eigenvalue weighted by Gasteiger charge is -2.43. The number of carbonyl (C=O) groups excluding carboxylic acids is 2. The van der Waals surface area contributed by atoms with E-state index in [-0.39, 0.29) is 30.5 Å². The van der Waals surface area contributed by atoms with Gasteiger partial charge in [0.2, 0.25) is 0 Å². The molecule has 6 rings (SSSR count). The number of hydrogen-bond donors (Lipinski definition) is 1. The number of rotatable bonds is 8. The average molecular weight is 537 g/mol. The predicted molar refractivity (Wildman–Crippen MR) is 147 cm³/mol. The number of esters is 1. The number of hydrogen-bond acceptors (Lipinski definition) is 6. The van der Waals surface area contributed by atoms with Gasteiger partial charge < -0.3 is 19.5 Å². The van der Waals surface area contributed by atoms with Crippen molar-refractivity contribution in [3.63, 3.8) is 0 Å². The zero-order chi connectivity index (χ0) is 25.6. The largest absolute Gasteiger partial charge is 0.489 e. The molecule has 0 radical (unpaired) electrons. The van der Waals surface area contributed by atoms with Gasteiger partial charge >= 0.3 is 12.1 Å². The molecule has 2 atom stereocenters. The summed E-state index contributed by atoms with van der Waals surface area (Å²) in [7, 11) is 1.36. The number of methoxy groups -OCH3 is 1. The van der Waals surface area contributed by atoms with E-state index in [4.69, 9.17) is 14.2 Å². The summed E-state index contributed by atoms with van der Waals surface area (Å²) in [5.74, 6) is 0.763. The van der Waals surface area contributed by atoms with Gasteiger partial charge in [0.15, 0.2) is 0 Å². The first kappa shape index (κ1) is 27.5. The Labute approximate surface area is 229 Å². The molecule has 8 heteroatoms. The van der Waals surface area contributed by atoms with Crippen LogP contribution in [0.4, 0.5) is 4.79 Å². The fourth-order valence-electron chi connectivity index (χ4n) is 5.14. The highest BCUT2D eigenvalue weighted by Gasteiger charge is 2.36. The van der Waals surface area contributed by atoms with Crippen LogP contribution < -0.4 is 10.1 Å². The van der Waals surface area contributed by atoms with E-state index in [9.17, 15) is 9.59 Å². The molecule has 3 fully saturated rings. The van der Waals surface area contributed by atoms with Crippen molar-refractivity contribution in [3.8, 4) is 5.75 Å². The van der Waals surface area contributed by atoms with Crippen LogP contribution in [0.15, 0.2) is 78.9 Å². The third-order valence-corrected chi connectivity index (χ3v) is 7.22. The van der Waals surface area contributed by atoms with Crippen LogP contribution in [0.1, 0.15) is 45.9 Å². The SMILES string of the molecule is COC(=O)c1ccc(COc2cccc([C@@H](NC(=O)O[C@H]3CN4CCC3CC4)c3ccccc3)c2)cc1.Cl. The van der Waals surface area contributed by atoms with E-state index >= 15 is 0 Å². The number of amides is 1. The molecule has 38 heavy (non-hydrogen) atoms. The minimum absolute atomic E-state index is 0. The molecule has 0 unspecified atom stereocenters. The Morgan fingerprint density at radius 2 is 1.66 bits per heavy atom. The van der Waals surface area contributed by atoms with Crippen molar-refractivity contribution in [3.05, 3.63) is 101 Å². The van der Waals surface area contributed by atoms with Gasteiger partial charge in [0.05, 0.1) is 18.7 Å². The minimum atomic E-state index is -0.398. The summed E-state index contributed by atoms with van der Waals surface area (Å²) in [5, 5.41) is 3.10. The van der Waals surface area contributed by atoms with Crippen molar-refractivity contribution in [2.24, 2.45) is 5.92 Å². The van der Waals surface area contributed by atoms with Gasteiger partial charge in [0, 0.05) is 6.54 Å². The molecular formula is C30H33ClN2O5. The molecule has 3 saturated heterocycles. The molecule has 0 aliphatic carbocycles. The highest BCUT2D eigenvalue weighted by atomic mass is 35.5. The molecule has 0 spiro atoms. The maximum atomic E-state index is 13.0. The Kier molecular flexibility index (Phi) is 9.26. The molecule has 0 saturated carbocycles. The van der Waals surface area contributed by atoms with Crippen LogP contribution in [-0.2, 0) is 16.1 Å². The van der Waals surface area contributed by atoms with Crippen molar-refractivity contribution in [2.75, 3.05) is 26.7 Å². The van der Waals surface area contributed by atoms with Crippen LogP contribution in [0, 0.1) is 5.92 Å². The van der Waals surface area contributed by atoms with Crippen molar-refractivity contribution in [1.82, 2.24) is 10.2 Å². The Hall–Kier alpha value is -3.55. The van der Waals surface area contributed by atoms with Gasteiger partial charge in [-0.3, -0.25) is 4.90 Å². The summed E-state index contributed by atoms with van der Waals surface area (Å²) in [5.41, 5.74) is 3.28. The first-order valence-electron chi connectivity index (χ1n) is 12.7. The van der Waals surface area contributed by atoms with Crippen molar-refractivity contribution in [2.45, 2.75) is 31.6 Å². The maximum absolute atomic E-state index is 13.0. The number of piperidine rings is 3. The second-order valence-corrected chi connectivity index (χ2v) is 9.62. The normalized spacial score (nSPS) is 20.5. The van der Waals surface area contributed by atoms with E-state index in [1.54, 1.807) is 12.1 Å². The standard InChI is InChI=1S/C30H32N2O5.ClH/c1-35-29(33)24-12-10-21(11-13-24)20-36-26-9-5-8-25(18-26)28(23-6-3-2-4-7-23)31-30(34)37-27-19-32-16-14-22(27)15-17-32;/h2-13,18,22,27-28H,14-17,19-20H2,1H3,(H,31,34);1H/t27-,28-;/m0./s1. The summed E-state index contributed by atoms with van der Waals surface area (Å²) in [4.78, 5) is 27.0. The molecule has 3 aliphatic heterocycles. The number of nitrogens with zero attached hydrogens (tertiary/aromatic N) is 1. The summed E-state index contributed by atoms with van der Waals surface area (Å²) in [6, 6.07) is 24.3. The van der Waals surface area contributed by atoms with Gasteiger partial charge in [-0.15, -0.1) is 12.4 Å². The number of nitrogens with one attached hydrogen (secondary N) is 1. The number of benzene rings is 3. The molecule has 3 aromatic rings. The van der Waals surface area contributed by atoms with Gasteiger partial charge in [-0.1, -0.05) is 54.6 Å². The minimum Gasteiger partial charge on any atom is -0.489 e.